The summed E-state index contributed by atoms with van der Waals surface area (Å²) in [6.45, 7) is 5.52. The minimum atomic E-state index is -0.336. The molecule has 22 heavy (non-hydrogen) atoms. The Morgan fingerprint density at radius 1 is 1.41 bits per heavy atom. The van der Waals surface area contributed by atoms with Crippen molar-refractivity contribution in [1.29, 1.82) is 0 Å². The second-order valence-corrected chi connectivity index (χ2v) is 8.56. The Labute approximate surface area is 141 Å². The van der Waals surface area contributed by atoms with Gasteiger partial charge in [0.1, 0.15) is 5.82 Å². The molecule has 2 rings (SSSR count). The number of aryl methyl sites for hydroxylation is 1. The topological polar surface area (TPSA) is 54.9 Å². The van der Waals surface area contributed by atoms with Crippen LogP contribution in [0, 0.1) is 12.7 Å². The van der Waals surface area contributed by atoms with Gasteiger partial charge in [-0.05, 0) is 37.3 Å². The Hall–Kier alpha value is -1.12. The zero-order valence-electron chi connectivity index (χ0n) is 12.4. The summed E-state index contributed by atoms with van der Waals surface area (Å²) in [7, 11) is 0. The van der Waals surface area contributed by atoms with E-state index in [4.69, 9.17) is 0 Å². The number of carbonyl (C=O) groups excluding carboxylic acids is 1. The average Bonchev–Trinajstić information content (AvgIpc) is 2.90. The Morgan fingerprint density at radius 3 is 2.82 bits per heavy atom. The number of hydrogen-bond acceptors (Lipinski definition) is 6. The van der Waals surface area contributed by atoms with E-state index in [2.05, 4.69) is 22.4 Å². The molecule has 1 aromatic heterocycles. The van der Waals surface area contributed by atoms with Gasteiger partial charge in [-0.15, -0.1) is 10.2 Å². The lowest BCUT2D eigenvalue weighted by Crippen LogP contribution is -2.22. The normalized spacial score (nSPS) is 12.2. The molecule has 0 aliphatic rings. The molecule has 1 aromatic carbocycles. The van der Waals surface area contributed by atoms with Gasteiger partial charge in [0.05, 0.1) is 5.25 Å². The molecule has 1 N–H and O–H groups in total. The van der Waals surface area contributed by atoms with Crippen molar-refractivity contribution in [3.05, 3.63) is 29.6 Å². The van der Waals surface area contributed by atoms with Crippen LogP contribution in [0.15, 0.2) is 26.9 Å². The molecule has 1 heterocycles. The van der Waals surface area contributed by atoms with E-state index in [1.807, 2.05) is 0 Å². The SMILES string of the molecule is CCSc1nnc(S[C@@H](C)C(=O)Nc2ccc(C)c(F)c2)s1. The van der Waals surface area contributed by atoms with Crippen molar-refractivity contribution in [2.24, 2.45) is 0 Å². The molecule has 1 amide bonds. The number of nitrogens with one attached hydrogen (secondary N) is 1. The molecule has 4 nitrogen and oxygen atoms in total. The van der Waals surface area contributed by atoms with E-state index in [0.717, 1.165) is 14.4 Å². The number of carbonyl (C=O) groups is 1. The van der Waals surface area contributed by atoms with Gasteiger partial charge in [-0.3, -0.25) is 4.79 Å². The number of halogens is 1. The van der Waals surface area contributed by atoms with Gasteiger partial charge < -0.3 is 5.32 Å². The summed E-state index contributed by atoms with van der Waals surface area (Å²) in [5, 5.41) is 10.5. The monoisotopic (exact) mass is 357 g/mol. The molecule has 0 fully saturated rings. The molecule has 1 atom stereocenters. The van der Waals surface area contributed by atoms with Crippen LogP contribution >= 0.6 is 34.9 Å². The fraction of sp³-hybridized carbons (Fsp3) is 0.357. The molecule has 2 aromatic rings. The third-order valence-corrected chi connectivity index (χ3v) is 5.86. The zero-order valence-corrected chi connectivity index (χ0v) is 14.9. The quantitative estimate of drug-likeness (QED) is 0.785. The first kappa shape index (κ1) is 17.2. The summed E-state index contributed by atoms with van der Waals surface area (Å²) < 4.78 is 15.1. The maximum Gasteiger partial charge on any atom is 0.237 e. The highest BCUT2D eigenvalue weighted by Gasteiger charge is 2.17. The van der Waals surface area contributed by atoms with Gasteiger partial charge in [0.15, 0.2) is 8.68 Å². The van der Waals surface area contributed by atoms with Gasteiger partial charge in [-0.2, -0.15) is 0 Å². The summed E-state index contributed by atoms with van der Waals surface area (Å²) in [6, 6.07) is 4.65. The van der Waals surface area contributed by atoms with Gasteiger partial charge in [-0.1, -0.05) is 47.9 Å². The van der Waals surface area contributed by atoms with E-state index in [9.17, 15) is 9.18 Å². The van der Waals surface area contributed by atoms with Crippen molar-refractivity contribution < 1.29 is 9.18 Å². The summed E-state index contributed by atoms with van der Waals surface area (Å²) in [5.74, 6) is 0.422. The Morgan fingerprint density at radius 2 is 2.14 bits per heavy atom. The summed E-state index contributed by atoms with van der Waals surface area (Å²) in [6.07, 6.45) is 0. The van der Waals surface area contributed by atoms with Crippen LogP contribution in [0.4, 0.5) is 10.1 Å². The van der Waals surface area contributed by atoms with Crippen molar-refractivity contribution >= 4 is 46.5 Å². The fourth-order valence-electron chi connectivity index (χ4n) is 1.55. The minimum Gasteiger partial charge on any atom is -0.325 e. The van der Waals surface area contributed by atoms with E-state index in [-0.39, 0.29) is 17.0 Å². The van der Waals surface area contributed by atoms with E-state index in [0.29, 0.717) is 11.3 Å². The molecule has 0 aliphatic heterocycles. The van der Waals surface area contributed by atoms with Crippen molar-refractivity contribution in [3.63, 3.8) is 0 Å². The van der Waals surface area contributed by atoms with Crippen LogP contribution in [0.1, 0.15) is 19.4 Å². The number of nitrogens with zero attached hydrogens (tertiary/aromatic N) is 2. The van der Waals surface area contributed by atoms with Gasteiger partial charge in [-0.25, -0.2) is 4.39 Å². The maximum atomic E-state index is 13.5. The number of rotatable bonds is 6. The predicted octanol–water partition coefficient (Wildman–Crippen LogP) is 4.22. The van der Waals surface area contributed by atoms with E-state index in [1.54, 1.807) is 37.7 Å². The minimum absolute atomic E-state index is 0.187. The molecule has 118 valence electrons. The van der Waals surface area contributed by atoms with Crippen LogP contribution in [-0.4, -0.2) is 27.1 Å². The molecule has 8 heteroatoms. The first-order chi connectivity index (χ1) is 10.5. The number of thioether (sulfide) groups is 2. The van der Waals surface area contributed by atoms with Crippen LogP contribution in [0.3, 0.4) is 0 Å². The van der Waals surface area contributed by atoms with Gasteiger partial charge in [0, 0.05) is 5.69 Å². The lowest BCUT2D eigenvalue weighted by molar-refractivity contribution is -0.115. The first-order valence-corrected chi connectivity index (χ1v) is 9.37. The highest BCUT2D eigenvalue weighted by Crippen LogP contribution is 2.31. The van der Waals surface area contributed by atoms with Gasteiger partial charge in [0.25, 0.3) is 0 Å². The number of amides is 1. The number of hydrogen-bond donors (Lipinski definition) is 1. The zero-order chi connectivity index (χ0) is 16.1. The van der Waals surface area contributed by atoms with E-state index >= 15 is 0 Å². The lowest BCUT2D eigenvalue weighted by Gasteiger charge is -2.10. The Bertz CT molecular complexity index is 663. The Balaban J connectivity index is 1.94. The molecule has 0 bridgehead atoms. The highest BCUT2D eigenvalue weighted by molar-refractivity contribution is 8.03. The maximum absolute atomic E-state index is 13.5. The standard InChI is InChI=1S/C14H16FN3OS3/c1-4-20-13-17-18-14(22-13)21-9(3)12(19)16-10-6-5-8(2)11(15)7-10/h5-7,9H,4H2,1-3H3,(H,16,19)/t9-/m0/s1. The Kier molecular flexibility index (Phi) is 6.22. The fourth-order valence-corrected chi connectivity index (χ4v) is 4.61. The number of benzene rings is 1. The third-order valence-electron chi connectivity index (χ3n) is 2.74. The second kappa shape index (κ2) is 7.94. The summed E-state index contributed by atoms with van der Waals surface area (Å²) >= 11 is 4.45. The smallest absolute Gasteiger partial charge is 0.237 e. The highest BCUT2D eigenvalue weighted by atomic mass is 32.2. The van der Waals surface area contributed by atoms with Crippen molar-refractivity contribution in [1.82, 2.24) is 10.2 Å². The van der Waals surface area contributed by atoms with Crippen molar-refractivity contribution in [2.45, 2.75) is 34.7 Å². The van der Waals surface area contributed by atoms with E-state index < -0.39 is 0 Å². The number of aromatic nitrogens is 2. The van der Waals surface area contributed by atoms with Crippen molar-refractivity contribution in [2.75, 3.05) is 11.1 Å². The van der Waals surface area contributed by atoms with Crippen LogP contribution in [0.25, 0.3) is 0 Å². The van der Waals surface area contributed by atoms with E-state index in [1.165, 1.54) is 29.2 Å². The van der Waals surface area contributed by atoms with Crippen LogP contribution in [0.2, 0.25) is 0 Å². The molecular weight excluding hydrogens is 341 g/mol. The lowest BCUT2D eigenvalue weighted by atomic mass is 10.2. The molecule has 0 aliphatic carbocycles. The van der Waals surface area contributed by atoms with Gasteiger partial charge >= 0.3 is 0 Å². The second-order valence-electron chi connectivity index (χ2n) is 4.48. The largest absolute Gasteiger partial charge is 0.325 e. The molecule has 0 spiro atoms. The molecule has 0 unspecified atom stereocenters. The summed E-state index contributed by atoms with van der Waals surface area (Å²) in [4.78, 5) is 12.1. The predicted molar refractivity (Wildman–Crippen MR) is 91.4 cm³/mol. The van der Waals surface area contributed by atoms with Crippen molar-refractivity contribution in [3.8, 4) is 0 Å². The molecule has 0 saturated heterocycles. The molecular formula is C14H16FN3OS3. The third kappa shape index (κ3) is 4.69. The summed E-state index contributed by atoms with van der Waals surface area (Å²) in [5.41, 5.74) is 1.01. The number of anilines is 1. The van der Waals surface area contributed by atoms with Gasteiger partial charge in [0.2, 0.25) is 5.91 Å². The van der Waals surface area contributed by atoms with Crippen LogP contribution in [0.5, 0.6) is 0 Å². The average molecular weight is 358 g/mol. The van der Waals surface area contributed by atoms with Crippen LogP contribution < -0.4 is 5.32 Å². The molecule has 0 saturated carbocycles. The first-order valence-electron chi connectivity index (χ1n) is 6.69. The molecule has 0 radical (unpaired) electrons. The van der Waals surface area contributed by atoms with Crippen LogP contribution in [-0.2, 0) is 4.79 Å².